The van der Waals surface area contributed by atoms with E-state index < -0.39 is 0 Å². The molecule has 4 bridgehead atoms. The molecule has 25 heavy (non-hydrogen) atoms. The van der Waals surface area contributed by atoms with Gasteiger partial charge in [0.05, 0.1) is 5.92 Å². The number of nitrogens with one attached hydrogen (secondary N) is 1. The quantitative estimate of drug-likeness (QED) is 0.791. The second kappa shape index (κ2) is 6.92. The molecule has 5 fully saturated rings. The van der Waals surface area contributed by atoms with Gasteiger partial charge in [-0.25, -0.2) is 0 Å². The summed E-state index contributed by atoms with van der Waals surface area (Å²) in [7, 11) is 0. The van der Waals surface area contributed by atoms with Gasteiger partial charge in [0.2, 0.25) is 0 Å². The lowest BCUT2D eigenvalue weighted by Gasteiger charge is -2.53. The minimum Gasteiger partial charge on any atom is -0.455 e. The molecule has 0 heterocycles. The van der Waals surface area contributed by atoms with Gasteiger partial charge in [0.25, 0.3) is 5.91 Å². The van der Waals surface area contributed by atoms with Crippen molar-refractivity contribution in [3.8, 4) is 0 Å². The maximum atomic E-state index is 12.6. The molecule has 0 aliphatic heterocycles. The summed E-state index contributed by atoms with van der Waals surface area (Å²) in [6.45, 7) is 4.38. The molecular formula is C21H33NO3. The summed E-state index contributed by atoms with van der Waals surface area (Å²) in [6, 6.07) is 0.233. The van der Waals surface area contributed by atoms with E-state index in [1.807, 2.05) is 0 Å². The van der Waals surface area contributed by atoms with Crippen LogP contribution in [0.4, 0.5) is 0 Å². The average molecular weight is 347 g/mol. The van der Waals surface area contributed by atoms with E-state index in [1.54, 1.807) is 0 Å². The van der Waals surface area contributed by atoms with E-state index in [2.05, 4.69) is 19.2 Å². The van der Waals surface area contributed by atoms with E-state index in [4.69, 9.17) is 4.74 Å². The molecule has 4 nitrogen and oxygen atoms in total. The SMILES string of the molecule is C[C@@H]1[C@H](C)CCC[C@H]1NC(=O)COC(=O)C1C2CC3CC(C2)CC1C3. The number of hydrogen-bond donors (Lipinski definition) is 1. The Kier molecular flexibility index (Phi) is 4.81. The minimum absolute atomic E-state index is 0.0641. The zero-order chi connectivity index (χ0) is 17.6. The number of hydrogen-bond acceptors (Lipinski definition) is 3. The zero-order valence-corrected chi connectivity index (χ0v) is 15.7. The number of amides is 1. The Bertz CT molecular complexity index is 503. The molecular weight excluding hydrogens is 314 g/mol. The lowest BCUT2D eigenvalue weighted by Crippen LogP contribution is -2.49. The van der Waals surface area contributed by atoms with Crippen LogP contribution in [0.5, 0.6) is 0 Å². The van der Waals surface area contributed by atoms with Crippen molar-refractivity contribution >= 4 is 11.9 Å². The third-order valence-corrected chi connectivity index (χ3v) is 7.90. The molecule has 4 heteroatoms. The largest absolute Gasteiger partial charge is 0.455 e. The maximum absolute atomic E-state index is 12.6. The molecule has 0 aromatic rings. The lowest BCUT2D eigenvalue weighted by molar-refractivity contribution is -0.165. The third kappa shape index (κ3) is 3.46. The zero-order valence-electron chi connectivity index (χ0n) is 15.7. The number of carbonyl (C=O) groups is 2. The molecule has 1 N–H and O–H groups in total. The Balaban J connectivity index is 1.27. The topological polar surface area (TPSA) is 55.4 Å². The van der Waals surface area contributed by atoms with Crippen molar-refractivity contribution in [1.82, 2.24) is 5.32 Å². The van der Waals surface area contributed by atoms with Crippen molar-refractivity contribution in [3.63, 3.8) is 0 Å². The molecule has 0 aromatic heterocycles. The van der Waals surface area contributed by atoms with Crippen molar-refractivity contribution in [2.75, 3.05) is 6.61 Å². The van der Waals surface area contributed by atoms with Gasteiger partial charge in [0.1, 0.15) is 0 Å². The van der Waals surface area contributed by atoms with Gasteiger partial charge in [0.15, 0.2) is 6.61 Å². The second-order valence-electron chi connectivity index (χ2n) is 9.51. The molecule has 5 rings (SSSR count). The lowest BCUT2D eigenvalue weighted by atomic mass is 9.52. The Morgan fingerprint density at radius 3 is 2.24 bits per heavy atom. The molecule has 0 saturated heterocycles. The van der Waals surface area contributed by atoms with Crippen LogP contribution in [-0.2, 0) is 14.3 Å². The van der Waals surface area contributed by atoms with Crippen LogP contribution in [0.2, 0.25) is 0 Å². The van der Waals surface area contributed by atoms with Gasteiger partial charge < -0.3 is 10.1 Å². The summed E-state index contributed by atoms with van der Waals surface area (Å²) in [6.07, 6.45) is 9.66. The van der Waals surface area contributed by atoms with Crippen LogP contribution in [0.3, 0.4) is 0 Å². The first-order chi connectivity index (χ1) is 12.0. The van der Waals surface area contributed by atoms with Gasteiger partial charge in [-0.2, -0.15) is 0 Å². The van der Waals surface area contributed by atoms with Crippen LogP contribution in [0, 0.1) is 41.4 Å². The van der Waals surface area contributed by atoms with Gasteiger partial charge in [-0.05, 0) is 74.0 Å². The van der Waals surface area contributed by atoms with E-state index in [9.17, 15) is 9.59 Å². The van der Waals surface area contributed by atoms with E-state index in [1.165, 1.54) is 44.9 Å². The van der Waals surface area contributed by atoms with E-state index in [0.717, 1.165) is 18.3 Å². The molecule has 0 aromatic carbocycles. The first kappa shape index (κ1) is 17.4. The van der Waals surface area contributed by atoms with Crippen LogP contribution < -0.4 is 5.32 Å². The predicted molar refractivity (Wildman–Crippen MR) is 95.6 cm³/mol. The fraction of sp³-hybridized carbons (Fsp3) is 0.905. The average Bonchev–Trinajstić information content (AvgIpc) is 2.56. The van der Waals surface area contributed by atoms with Crippen molar-refractivity contribution in [2.24, 2.45) is 41.4 Å². The van der Waals surface area contributed by atoms with Crippen molar-refractivity contribution < 1.29 is 14.3 Å². The summed E-state index contributed by atoms with van der Waals surface area (Å²) in [5.41, 5.74) is 0. The van der Waals surface area contributed by atoms with E-state index in [-0.39, 0.29) is 30.4 Å². The summed E-state index contributed by atoms with van der Waals surface area (Å²) in [5.74, 6) is 3.73. The highest BCUT2D eigenvalue weighted by Gasteiger charge is 2.51. The number of rotatable bonds is 4. The highest BCUT2D eigenvalue weighted by atomic mass is 16.5. The monoisotopic (exact) mass is 347 g/mol. The fourth-order valence-corrected chi connectivity index (χ4v) is 6.58. The molecule has 1 amide bonds. The van der Waals surface area contributed by atoms with Crippen molar-refractivity contribution in [2.45, 2.75) is 71.3 Å². The Hall–Kier alpha value is -1.06. The Morgan fingerprint density at radius 1 is 0.960 bits per heavy atom. The third-order valence-electron chi connectivity index (χ3n) is 7.90. The Morgan fingerprint density at radius 2 is 1.60 bits per heavy atom. The molecule has 0 radical (unpaired) electrons. The summed E-state index contributed by atoms with van der Waals surface area (Å²) >= 11 is 0. The molecule has 3 atom stereocenters. The normalized spacial score (nSPS) is 45.2. The summed E-state index contributed by atoms with van der Waals surface area (Å²) in [4.78, 5) is 24.9. The number of esters is 1. The molecule has 140 valence electrons. The smallest absolute Gasteiger partial charge is 0.310 e. The molecule has 5 aliphatic carbocycles. The molecule has 5 aliphatic rings. The van der Waals surface area contributed by atoms with Crippen LogP contribution in [0.1, 0.15) is 65.2 Å². The van der Waals surface area contributed by atoms with Crippen LogP contribution in [0.25, 0.3) is 0 Å². The van der Waals surface area contributed by atoms with Gasteiger partial charge in [0, 0.05) is 6.04 Å². The highest BCUT2D eigenvalue weighted by molar-refractivity contribution is 5.81. The first-order valence-electron chi connectivity index (χ1n) is 10.5. The molecule has 0 unspecified atom stereocenters. The van der Waals surface area contributed by atoms with Crippen LogP contribution in [0.15, 0.2) is 0 Å². The van der Waals surface area contributed by atoms with Crippen LogP contribution in [-0.4, -0.2) is 24.5 Å². The van der Waals surface area contributed by atoms with Gasteiger partial charge in [-0.1, -0.05) is 26.7 Å². The van der Waals surface area contributed by atoms with E-state index >= 15 is 0 Å². The van der Waals surface area contributed by atoms with Gasteiger partial charge >= 0.3 is 5.97 Å². The van der Waals surface area contributed by atoms with Gasteiger partial charge in [-0.3, -0.25) is 9.59 Å². The molecule has 5 saturated carbocycles. The predicted octanol–water partition coefficient (Wildman–Crippen LogP) is 3.54. The second-order valence-corrected chi connectivity index (χ2v) is 9.51. The fourth-order valence-electron chi connectivity index (χ4n) is 6.58. The first-order valence-corrected chi connectivity index (χ1v) is 10.5. The van der Waals surface area contributed by atoms with Gasteiger partial charge in [-0.15, -0.1) is 0 Å². The minimum atomic E-state index is -0.122. The van der Waals surface area contributed by atoms with Crippen molar-refractivity contribution in [1.29, 1.82) is 0 Å². The number of carbonyl (C=O) groups excluding carboxylic acids is 2. The van der Waals surface area contributed by atoms with Crippen LogP contribution >= 0.6 is 0 Å². The Labute approximate surface area is 151 Å². The number of ether oxygens (including phenoxy) is 1. The summed E-state index contributed by atoms with van der Waals surface area (Å²) in [5, 5.41) is 3.11. The maximum Gasteiger partial charge on any atom is 0.310 e. The van der Waals surface area contributed by atoms with Crippen molar-refractivity contribution in [3.05, 3.63) is 0 Å². The molecule has 0 spiro atoms. The summed E-state index contributed by atoms with van der Waals surface area (Å²) < 4.78 is 5.48. The van der Waals surface area contributed by atoms with E-state index in [0.29, 0.717) is 23.7 Å². The highest BCUT2D eigenvalue weighted by Crippen LogP contribution is 2.56. The standard InChI is InChI=1S/C21H33NO3/c1-12-4-3-5-18(13(12)2)22-19(23)11-25-21(24)20-16-7-14-6-15(9-16)10-17(20)8-14/h12-18,20H,3-11H2,1-2H3,(H,22,23)/t12-,13-,14?,15?,16?,17?,18-,20?/m1/s1.